The van der Waals surface area contributed by atoms with Crippen LogP contribution in [0.15, 0.2) is 46.9 Å². The number of anilines is 1. The van der Waals surface area contributed by atoms with Gasteiger partial charge in [0.05, 0.1) is 21.3 Å². The quantitative estimate of drug-likeness (QED) is 0.409. The highest BCUT2D eigenvalue weighted by atomic mass is 16.5. The lowest BCUT2D eigenvalue weighted by Gasteiger charge is -2.15. The summed E-state index contributed by atoms with van der Waals surface area (Å²) in [5, 5.41) is 2.97. The van der Waals surface area contributed by atoms with E-state index in [-0.39, 0.29) is 5.91 Å². The van der Waals surface area contributed by atoms with Crippen molar-refractivity contribution in [2.24, 2.45) is 0 Å². The summed E-state index contributed by atoms with van der Waals surface area (Å²) in [7, 11) is 4.54. The topological polar surface area (TPSA) is 82.8 Å². The maximum absolute atomic E-state index is 13.1. The van der Waals surface area contributed by atoms with E-state index in [4.69, 9.17) is 18.6 Å². The molecule has 0 spiro atoms. The molecule has 7 heteroatoms. The number of fused-ring (bicyclic) bond motifs is 1. The van der Waals surface area contributed by atoms with E-state index in [1.807, 2.05) is 45.0 Å². The zero-order chi connectivity index (χ0) is 23.7. The predicted molar refractivity (Wildman–Crippen MR) is 128 cm³/mol. The lowest BCUT2D eigenvalue weighted by molar-refractivity contribution is 0.102. The van der Waals surface area contributed by atoms with E-state index in [0.717, 1.165) is 33.4 Å². The fourth-order valence-corrected chi connectivity index (χ4v) is 3.90. The minimum absolute atomic E-state index is 0.307. The molecule has 0 atom stereocenters. The molecular weight excluding hydrogens is 420 g/mol. The number of methoxy groups -OCH3 is 3. The van der Waals surface area contributed by atoms with E-state index < -0.39 is 0 Å². The van der Waals surface area contributed by atoms with Crippen molar-refractivity contribution in [3.05, 3.63) is 64.7 Å². The van der Waals surface area contributed by atoms with Crippen molar-refractivity contribution in [3.63, 3.8) is 0 Å². The van der Waals surface area contributed by atoms with E-state index in [9.17, 15) is 4.79 Å². The summed E-state index contributed by atoms with van der Waals surface area (Å²) in [6, 6.07) is 12.9. The van der Waals surface area contributed by atoms with Gasteiger partial charge in [-0.05, 0) is 67.8 Å². The first-order chi connectivity index (χ1) is 15.9. The number of nitrogens with one attached hydrogen (secondary N) is 1. The van der Waals surface area contributed by atoms with Gasteiger partial charge in [-0.3, -0.25) is 4.79 Å². The number of ether oxygens (including phenoxy) is 3. The molecule has 33 heavy (non-hydrogen) atoms. The van der Waals surface area contributed by atoms with Crippen LogP contribution < -0.4 is 19.5 Å². The number of rotatable bonds is 6. The largest absolute Gasteiger partial charge is 0.493 e. The van der Waals surface area contributed by atoms with Crippen molar-refractivity contribution in [2.75, 3.05) is 26.6 Å². The molecule has 0 aliphatic heterocycles. The molecule has 0 radical (unpaired) electrons. The Morgan fingerprint density at radius 1 is 0.939 bits per heavy atom. The molecule has 0 fully saturated rings. The van der Waals surface area contributed by atoms with Crippen LogP contribution in [-0.2, 0) is 0 Å². The normalized spacial score (nSPS) is 10.8. The van der Waals surface area contributed by atoms with Crippen molar-refractivity contribution in [1.29, 1.82) is 0 Å². The van der Waals surface area contributed by atoms with Crippen molar-refractivity contribution in [3.8, 4) is 28.7 Å². The Hall–Kier alpha value is -4.00. The first-order valence-electron chi connectivity index (χ1n) is 10.5. The SMILES string of the molecule is COc1cc(C(=O)Nc2cccc(-c3nc4cc(C)cc(C)c4o3)c2C)cc(OC)c1OC. The summed E-state index contributed by atoms with van der Waals surface area (Å²) >= 11 is 0. The molecule has 4 aromatic rings. The molecule has 1 heterocycles. The average molecular weight is 447 g/mol. The van der Waals surface area contributed by atoms with Gasteiger partial charge in [-0.1, -0.05) is 12.1 Å². The second kappa shape index (κ2) is 8.86. The Labute approximate surface area is 192 Å². The monoisotopic (exact) mass is 446 g/mol. The van der Waals surface area contributed by atoms with Gasteiger partial charge in [-0.15, -0.1) is 0 Å². The number of amides is 1. The van der Waals surface area contributed by atoms with Crippen molar-refractivity contribution < 1.29 is 23.4 Å². The van der Waals surface area contributed by atoms with Crippen molar-refractivity contribution in [1.82, 2.24) is 4.98 Å². The van der Waals surface area contributed by atoms with Gasteiger partial charge in [0.15, 0.2) is 17.1 Å². The standard InChI is InChI=1S/C26H26N2O5/c1-14-10-15(2)23-20(11-14)28-26(33-23)18-8-7-9-19(16(18)3)27-25(29)17-12-21(30-4)24(32-6)22(13-17)31-5/h7-13H,1-6H3,(H,27,29). The number of nitrogens with zero attached hydrogens (tertiary/aromatic N) is 1. The molecule has 1 N–H and O–H groups in total. The average Bonchev–Trinajstić information content (AvgIpc) is 3.23. The van der Waals surface area contributed by atoms with Gasteiger partial charge >= 0.3 is 0 Å². The number of carbonyl (C=O) groups is 1. The molecule has 0 bridgehead atoms. The number of hydrogen-bond acceptors (Lipinski definition) is 6. The molecule has 0 aliphatic rings. The Morgan fingerprint density at radius 3 is 2.27 bits per heavy atom. The smallest absolute Gasteiger partial charge is 0.255 e. The maximum atomic E-state index is 13.1. The second-order valence-corrected chi connectivity index (χ2v) is 7.80. The molecule has 4 rings (SSSR count). The van der Waals surface area contributed by atoms with Crippen LogP contribution >= 0.6 is 0 Å². The summed E-state index contributed by atoms with van der Waals surface area (Å²) in [5.74, 6) is 1.45. The van der Waals surface area contributed by atoms with Crippen LogP contribution in [0.1, 0.15) is 27.0 Å². The number of aryl methyl sites for hydroxylation is 2. The van der Waals surface area contributed by atoms with E-state index in [1.165, 1.54) is 21.3 Å². The zero-order valence-corrected chi connectivity index (χ0v) is 19.5. The number of hydrogen-bond donors (Lipinski definition) is 1. The molecule has 1 aromatic heterocycles. The van der Waals surface area contributed by atoms with Crippen LogP contribution in [0.5, 0.6) is 17.2 Å². The van der Waals surface area contributed by atoms with Crippen LogP contribution in [0.3, 0.4) is 0 Å². The molecule has 0 saturated carbocycles. The maximum Gasteiger partial charge on any atom is 0.255 e. The Morgan fingerprint density at radius 2 is 1.64 bits per heavy atom. The van der Waals surface area contributed by atoms with Crippen LogP contribution in [0.4, 0.5) is 5.69 Å². The lowest BCUT2D eigenvalue weighted by atomic mass is 10.1. The van der Waals surface area contributed by atoms with Crippen LogP contribution in [-0.4, -0.2) is 32.2 Å². The lowest BCUT2D eigenvalue weighted by Crippen LogP contribution is -2.13. The van der Waals surface area contributed by atoms with Crippen molar-refractivity contribution >= 4 is 22.7 Å². The summed E-state index contributed by atoms with van der Waals surface area (Å²) in [4.78, 5) is 17.8. The van der Waals surface area contributed by atoms with Crippen LogP contribution in [0, 0.1) is 20.8 Å². The van der Waals surface area contributed by atoms with Gasteiger partial charge in [0.1, 0.15) is 5.52 Å². The highest BCUT2D eigenvalue weighted by Crippen LogP contribution is 2.38. The molecule has 3 aromatic carbocycles. The third-order valence-electron chi connectivity index (χ3n) is 5.56. The van der Waals surface area contributed by atoms with Gasteiger partial charge in [-0.25, -0.2) is 4.98 Å². The Kier molecular flexibility index (Phi) is 5.96. The molecular formula is C26H26N2O5. The highest BCUT2D eigenvalue weighted by Gasteiger charge is 2.19. The van der Waals surface area contributed by atoms with E-state index in [1.54, 1.807) is 12.1 Å². The fraction of sp³-hybridized carbons (Fsp3) is 0.231. The molecule has 1 amide bonds. The minimum atomic E-state index is -0.307. The number of carbonyl (C=O) groups excluding carboxylic acids is 1. The Bertz CT molecular complexity index is 1330. The number of benzene rings is 3. The number of aromatic nitrogens is 1. The molecule has 170 valence electrons. The Balaban J connectivity index is 1.69. The van der Waals surface area contributed by atoms with E-state index in [2.05, 4.69) is 16.4 Å². The van der Waals surface area contributed by atoms with Crippen molar-refractivity contribution in [2.45, 2.75) is 20.8 Å². The molecule has 0 unspecified atom stereocenters. The zero-order valence-electron chi connectivity index (χ0n) is 19.5. The second-order valence-electron chi connectivity index (χ2n) is 7.80. The summed E-state index contributed by atoms with van der Waals surface area (Å²) in [6.07, 6.45) is 0. The van der Waals surface area contributed by atoms with Gasteiger partial charge in [0, 0.05) is 16.8 Å². The minimum Gasteiger partial charge on any atom is -0.493 e. The first-order valence-corrected chi connectivity index (χ1v) is 10.5. The summed E-state index contributed by atoms with van der Waals surface area (Å²) in [5.41, 5.74) is 6.43. The molecule has 0 aliphatic carbocycles. The summed E-state index contributed by atoms with van der Waals surface area (Å²) in [6.45, 7) is 5.96. The molecule has 0 saturated heterocycles. The molecule has 7 nitrogen and oxygen atoms in total. The fourth-order valence-electron chi connectivity index (χ4n) is 3.90. The van der Waals surface area contributed by atoms with E-state index in [0.29, 0.717) is 34.4 Å². The van der Waals surface area contributed by atoms with Gasteiger partial charge in [0.25, 0.3) is 5.91 Å². The number of oxazole rings is 1. The van der Waals surface area contributed by atoms with Crippen LogP contribution in [0.2, 0.25) is 0 Å². The summed E-state index contributed by atoms with van der Waals surface area (Å²) < 4.78 is 22.1. The first kappa shape index (κ1) is 22.2. The van der Waals surface area contributed by atoms with E-state index >= 15 is 0 Å². The van der Waals surface area contributed by atoms with Crippen LogP contribution in [0.25, 0.3) is 22.6 Å². The van der Waals surface area contributed by atoms with Gasteiger partial charge < -0.3 is 23.9 Å². The van der Waals surface area contributed by atoms with Gasteiger partial charge in [0.2, 0.25) is 11.6 Å². The third-order valence-corrected chi connectivity index (χ3v) is 5.56. The predicted octanol–water partition coefficient (Wildman–Crippen LogP) is 5.70. The van der Waals surface area contributed by atoms with Gasteiger partial charge in [-0.2, -0.15) is 0 Å². The highest BCUT2D eigenvalue weighted by molar-refractivity contribution is 6.06. The third kappa shape index (κ3) is 4.09.